The molecule has 2 rings (SSSR count). The number of aromatic nitrogens is 3. The van der Waals surface area contributed by atoms with Crippen LogP contribution >= 0.6 is 0 Å². The van der Waals surface area contributed by atoms with E-state index in [4.69, 9.17) is 0 Å². The molecule has 1 aromatic heterocycles. The van der Waals surface area contributed by atoms with Gasteiger partial charge in [0.2, 0.25) is 11.9 Å². The minimum Gasteiger partial charge on any atom is -0.290 e. The highest BCUT2D eigenvalue weighted by molar-refractivity contribution is 6.06. The second-order valence-electron chi connectivity index (χ2n) is 3.53. The fourth-order valence-electron chi connectivity index (χ4n) is 1.53. The van der Waals surface area contributed by atoms with E-state index in [1.807, 2.05) is 13.8 Å². The zero-order valence-corrected chi connectivity index (χ0v) is 8.93. The Morgan fingerprint density at radius 2 is 2.00 bits per heavy atom. The topological polar surface area (TPSA) is 60.1 Å². The number of carbonyl (C=O) groups excluding carboxylic acids is 1. The number of carbonyl (C=O) groups is 1. The van der Waals surface area contributed by atoms with Gasteiger partial charge in [-0.1, -0.05) is 0 Å². The third kappa shape index (κ3) is 1.72. The van der Waals surface area contributed by atoms with Crippen molar-refractivity contribution in [2.75, 3.05) is 0 Å². The van der Waals surface area contributed by atoms with E-state index in [-0.39, 0.29) is 5.78 Å². The molecule has 5 heteroatoms. The molecule has 0 fully saturated rings. The molecule has 1 unspecified atom stereocenters. The van der Waals surface area contributed by atoms with Gasteiger partial charge in [0.05, 0.1) is 0 Å². The molecule has 1 aromatic rings. The first kappa shape index (κ1) is 9.76. The maximum absolute atomic E-state index is 11.6. The number of hydrogen-bond donors (Lipinski definition) is 0. The molecular formula is C10H12N4O. The Bertz CT molecular complexity index is 470. The number of dihydropyridines is 1. The molecule has 0 aromatic carbocycles. The van der Waals surface area contributed by atoms with Gasteiger partial charge in [-0.3, -0.25) is 9.79 Å². The highest BCUT2D eigenvalue weighted by atomic mass is 16.1. The average Bonchev–Trinajstić information content (AvgIpc) is 2.50. The van der Waals surface area contributed by atoms with Crippen LogP contribution in [0.3, 0.4) is 0 Å². The van der Waals surface area contributed by atoms with Gasteiger partial charge in [0.15, 0.2) is 0 Å². The SMILES string of the molecule is CC1=NC(n2nc(C)nc2C)C(=O)C=C1. The Hall–Kier alpha value is -1.78. The number of nitrogens with zero attached hydrogens (tertiary/aromatic N) is 4. The van der Waals surface area contributed by atoms with E-state index >= 15 is 0 Å². The van der Waals surface area contributed by atoms with Gasteiger partial charge in [-0.15, -0.1) is 0 Å². The van der Waals surface area contributed by atoms with E-state index in [0.29, 0.717) is 11.6 Å². The molecule has 0 spiro atoms. The monoisotopic (exact) mass is 204 g/mol. The number of rotatable bonds is 1. The van der Waals surface area contributed by atoms with Crippen molar-refractivity contribution in [3.63, 3.8) is 0 Å². The highest BCUT2D eigenvalue weighted by Gasteiger charge is 2.22. The van der Waals surface area contributed by atoms with Crippen molar-refractivity contribution in [2.24, 2.45) is 4.99 Å². The smallest absolute Gasteiger partial charge is 0.205 e. The van der Waals surface area contributed by atoms with Crippen LogP contribution in [0.25, 0.3) is 0 Å². The van der Waals surface area contributed by atoms with Crippen molar-refractivity contribution in [2.45, 2.75) is 26.9 Å². The van der Waals surface area contributed by atoms with Crippen LogP contribution in [-0.4, -0.2) is 26.3 Å². The van der Waals surface area contributed by atoms with Gasteiger partial charge in [0.25, 0.3) is 0 Å². The highest BCUT2D eigenvalue weighted by Crippen LogP contribution is 2.16. The second-order valence-corrected chi connectivity index (χ2v) is 3.53. The van der Waals surface area contributed by atoms with Gasteiger partial charge >= 0.3 is 0 Å². The summed E-state index contributed by atoms with van der Waals surface area (Å²) in [4.78, 5) is 20.0. The van der Waals surface area contributed by atoms with Gasteiger partial charge in [0, 0.05) is 5.71 Å². The number of allylic oxidation sites excluding steroid dienone is 1. The molecule has 5 nitrogen and oxygen atoms in total. The maximum atomic E-state index is 11.6. The Balaban J connectivity index is 2.43. The molecule has 0 radical (unpaired) electrons. The van der Waals surface area contributed by atoms with Crippen LogP contribution in [0, 0.1) is 13.8 Å². The van der Waals surface area contributed by atoms with Crippen LogP contribution < -0.4 is 0 Å². The average molecular weight is 204 g/mol. The molecule has 1 atom stereocenters. The van der Waals surface area contributed by atoms with Crippen LogP contribution in [0.1, 0.15) is 24.7 Å². The summed E-state index contributed by atoms with van der Waals surface area (Å²) in [5.41, 5.74) is 0.826. The Kier molecular flexibility index (Phi) is 2.22. The fraction of sp³-hybridized carbons (Fsp3) is 0.400. The summed E-state index contributed by atoms with van der Waals surface area (Å²) in [6.07, 6.45) is 2.66. The summed E-state index contributed by atoms with van der Waals surface area (Å²) in [7, 11) is 0. The van der Waals surface area contributed by atoms with Crippen molar-refractivity contribution in [3.05, 3.63) is 23.8 Å². The van der Waals surface area contributed by atoms with E-state index < -0.39 is 6.17 Å². The molecule has 78 valence electrons. The zero-order valence-electron chi connectivity index (χ0n) is 8.93. The van der Waals surface area contributed by atoms with Gasteiger partial charge in [-0.25, -0.2) is 9.67 Å². The molecular weight excluding hydrogens is 192 g/mol. The van der Waals surface area contributed by atoms with Gasteiger partial charge in [-0.05, 0) is 32.9 Å². The largest absolute Gasteiger partial charge is 0.290 e. The van der Waals surface area contributed by atoms with Crippen molar-refractivity contribution in [3.8, 4) is 0 Å². The van der Waals surface area contributed by atoms with Crippen LogP contribution in [0.4, 0.5) is 0 Å². The fourth-order valence-corrected chi connectivity index (χ4v) is 1.53. The number of aliphatic imine (C=N–C) groups is 1. The lowest BCUT2D eigenvalue weighted by Gasteiger charge is -2.14. The first-order valence-electron chi connectivity index (χ1n) is 4.74. The number of aryl methyl sites for hydroxylation is 2. The van der Waals surface area contributed by atoms with E-state index in [1.54, 1.807) is 17.7 Å². The van der Waals surface area contributed by atoms with E-state index in [0.717, 1.165) is 5.71 Å². The lowest BCUT2D eigenvalue weighted by molar-refractivity contribution is -0.117. The minimum atomic E-state index is -0.573. The Morgan fingerprint density at radius 3 is 2.60 bits per heavy atom. The standard InChI is InChI=1S/C10H12N4O/c1-6-4-5-9(15)10(11-6)14-8(3)12-7(2)13-14/h4-5,10H,1-3H3. The van der Waals surface area contributed by atoms with Crippen LogP contribution in [-0.2, 0) is 4.79 Å². The first-order valence-corrected chi connectivity index (χ1v) is 4.74. The molecule has 0 saturated heterocycles. The van der Waals surface area contributed by atoms with E-state index in [2.05, 4.69) is 15.1 Å². The maximum Gasteiger partial charge on any atom is 0.205 e. The van der Waals surface area contributed by atoms with Crippen LogP contribution in [0.15, 0.2) is 17.1 Å². The summed E-state index contributed by atoms with van der Waals surface area (Å²) in [6.45, 7) is 5.47. The number of hydrogen-bond acceptors (Lipinski definition) is 4. The van der Waals surface area contributed by atoms with E-state index in [1.165, 1.54) is 6.08 Å². The minimum absolute atomic E-state index is 0.0615. The summed E-state index contributed by atoms with van der Waals surface area (Å²) in [5, 5.41) is 4.16. The molecule has 0 saturated carbocycles. The molecule has 0 amide bonds. The molecule has 1 aliphatic heterocycles. The van der Waals surface area contributed by atoms with Crippen molar-refractivity contribution in [1.82, 2.24) is 14.8 Å². The molecule has 0 N–H and O–H groups in total. The number of ketones is 1. The van der Waals surface area contributed by atoms with Crippen molar-refractivity contribution in [1.29, 1.82) is 0 Å². The molecule has 2 heterocycles. The molecule has 0 bridgehead atoms. The van der Waals surface area contributed by atoms with Crippen molar-refractivity contribution >= 4 is 11.5 Å². The van der Waals surface area contributed by atoms with Crippen LogP contribution in [0.5, 0.6) is 0 Å². The van der Waals surface area contributed by atoms with Gasteiger partial charge < -0.3 is 0 Å². The summed E-state index contributed by atoms with van der Waals surface area (Å²) < 4.78 is 1.56. The third-order valence-corrected chi connectivity index (χ3v) is 2.21. The summed E-state index contributed by atoms with van der Waals surface area (Å²) >= 11 is 0. The van der Waals surface area contributed by atoms with Crippen LogP contribution in [0.2, 0.25) is 0 Å². The first-order chi connectivity index (χ1) is 7.08. The predicted molar refractivity (Wildman–Crippen MR) is 55.8 cm³/mol. The predicted octanol–water partition coefficient (Wildman–Crippen LogP) is 0.993. The van der Waals surface area contributed by atoms with Crippen molar-refractivity contribution < 1.29 is 4.79 Å². The Morgan fingerprint density at radius 1 is 1.27 bits per heavy atom. The molecule has 1 aliphatic rings. The normalized spacial score (nSPS) is 20.6. The second kappa shape index (κ2) is 3.42. The lowest BCUT2D eigenvalue weighted by atomic mass is 10.2. The quantitative estimate of drug-likeness (QED) is 0.685. The van der Waals surface area contributed by atoms with Gasteiger partial charge in [0.1, 0.15) is 11.6 Å². The lowest BCUT2D eigenvalue weighted by Crippen LogP contribution is -2.22. The molecule has 15 heavy (non-hydrogen) atoms. The summed E-state index contributed by atoms with van der Waals surface area (Å²) in [6, 6.07) is 0. The third-order valence-electron chi connectivity index (χ3n) is 2.21. The summed E-state index contributed by atoms with van der Waals surface area (Å²) in [5.74, 6) is 1.30. The van der Waals surface area contributed by atoms with E-state index in [9.17, 15) is 4.79 Å². The Labute approximate surface area is 87.5 Å². The molecule has 0 aliphatic carbocycles. The zero-order chi connectivity index (χ0) is 11.0. The van der Waals surface area contributed by atoms with Gasteiger partial charge in [-0.2, -0.15) is 5.10 Å².